The Kier molecular flexibility index (Phi) is 4.46. The first-order valence-electron chi connectivity index (χ1n) is 6.60. The highest BCUT2D eigenvalue weighted by Crippen LogP contribution is 2.16. The Bertz CT molecular complexity index is 588. The van der Waals surface area contributed by atoms with Crippen LogP contribution >= 0.6 is 0 Å². The number of hydrogen-bond donors (Lipinski definition) is 0. The first-order valence-corrected chi connectivity index (χ1v) is 6.60. The van der Waals surface area contributed by atoms with E-state index in [9.17, 15) is 0 Å². The molecular formula is C15H12BN3O3. The summed E-state index contributed by atoms with van der Waals surface area (Å²) in [5.41, 5.74) is 0. The fourth-order valence-electron chi connectivity index (χ4n) is 1.66. The average molecular weight is 293 g/mol. The lowest BCUT2D eigenvalue weighted by Gasteiger charge is -2.16. The van der Waals surface area contributed by atoms with Crippen molar-refractivity contribution in [2.45, 2.75) is 0 Å². The SMILES string of the molecule is c1cc(OB(Oc2ccncc2)Oc2ccncc2)ccn1. The number of rotatable bonds is 6. The summed E-state index contributed by atoms with van der Waals surface area (Å²) in [5.74, 6) is 1.76. The first-order chi connectivity index (χ1) is 10.9. The van der Waals surface area contributed by atoms with E-state index in [1.165, 1.54) is 0 Å². The van der Waals surface area contributed by atoms with Gasteiger partial charge in [-0.2, -0.15) is 0 Å². The largest absolute Gasteiger partial charge is 0.864 e. The van der Waals surface area contributed by atoms with Crippen LogP contribution in [0.4, 0.5) is 0 Å². The maximum atomic E-state index is 5.70. The standard InChI is InChI=1S/C15H12BN3O3/c1-7-17-8-2-13(1)20-16(21-14-3-9-18-10-4-14)22-15-5-11-19-12-6-15/h1-12H. The molecule has 0 N–H and O–H groups in total. The Morgan fingerprint density at radius 1 is 0.500 bits per heavy atom. The van der Waals surface area contributed by atoms with Crippen LogP contribution in [0.15, 0.2) is 73.6 Å². The monoisotopic (exact) mass is 293 g/mol. The van der Waals surface area contributed by atoms with E-state index in [1.54, 1.807) is 73.6 Å². The summed E-state index contributed by atoms with van der Waals surface area (Å²) in [6.07, 6.45) is 9.78. The van der Waals surface area contributed by atoms with Gasteiger partial charge in [0.05, 0.1) is 0 Å². The van der Waals surface area contributed by atoms with Crippen LogP contribution in [0.1, 0.15) is 0 Å². The number of nitrogens with zero attached hydrogens (tertiary/aromatic N) is 3. The second-order valence-corrected chi connectivity index (χ2v) is 4.19. The van der Waals surface area contributed by atoms with Crippen molar-refractivity contribution < 1.29 is 14.0 Å². The van der Waals surface area contributed by atoms with E-state index in [2.05, 4.69) is 15.0 Å². The van der Waals surface area contributed by atoms with Gasteiger partial charge in [0.25, 0.3) is 0 Å². The van der Waals surface area contributed by atoms with Crippen molar-refractivity contribution in [1.82, 2.24) is 15.0 Å². The summed E-state index contributed by atoms with van der Waals surface area (Å²) in [4.78, 5) is 11.8. The molecule has 0 spiro atoms. The van der Waals surface area contributed by atoms with Crippen LogP contribution in [0.5, 0.6) is 17.2 Å². The molecule has 0 fully saturated rings. The Morgan fingerprint density at radius 3 is 1.05 bits per heavy atom. The second-order valence-electron chi connectivity index (χ2n) is 4.19. The van der Waals surface area contributed by atoms with E-state index in [0.717, 1.165) is 0 Å². The summed E-state index contributed by atoms with van der Waals surface area (Å²) < 4.78 is 17.1. The minimum atomic E-state index is -0.952. The fourth-order valence-corrected chi connectivity index (χ4v) is 1.66. The molecule has 108 valence electrons. The van der Waals surface area contributed by atoms with Gasteiger partial charge in [-0.1, -0.05) is 0 Å². The Balaban J connectivity index is 1.75. The van der Waals surface area contributed by atoms with Crippen molar-refractivity contribution in [2.24, 2.45) is 0 Å². The molecule has 0 aromatic carbocycles. The maximum absolute atomic E-state index is 5.70. The Hall–Kier alpha value is -3.09. The van der Waals surface area contributed by atoms with Crippen LogP contribution in [0.25, 0.3) is 0 Å². The van der Waals surface area contributed by atoms with Gasteiger partial charge in [-0.3, -0.25) is 15.0 Å². The maximum Gasteiger partial charge on any atom is 0.864 e. The van der Waals surface area contributed by atoms with Gasteiger partial charge < -0.3 is 14.0 Å². The predicted octanol–water partition coefficient (Wildman–Crippen LogP) is 2.39. The van der Waals surface area contributed by atoms with Gasteiger partial charge in [-0.25, -0.2) is 0 Å². The predicted molar refractivity (Wildman–Crippen MR) is 80.3 cm³/mol. The lowest BCUT2D eigenvalue weighted by Crippen LogP contribution is -2.37. The molecule has 0 radical (unpaired) electrons. The van der Waals surface area contributed by atoms with Crippen LogP contribution in [0.2, 0.25) is 0 Å². The van der Waals surface area contributed by atoms with Crippen LogP contribution < -0.4 is 14.0 Å². The van der Waals surface area contributed by atoms with Crippen molar-refractivity contribution in [3.05, 3.63) is 73.6 Å². The summed E-state index contributed by atoms with van der Waals surface area (Å²) in [7, 11) is -0.952. The topological polar surface area (TPSA) is 66.4 Å². The van der Waals surface area contributed by atoms with Crippen LogP contribution in [0.3, 0.4) is 0 Å². The molecule has 0 saturated heterocycles. The van der Waals surface area contributed by atoms with Crippen molar-refractivity contribution in [3.8, 4) is 17.2 Å². The molecular weight excluding hydrogens is 281 g/mol. The van der Waals surface area contributed by atoms with Crippen molar-refractivity contribution in [2.75, 3.05) is 0 Å². The molecule has 0 amide bonds. The number of hydrogen-bond acceptors (Lipinski definition) is 6. The second kappa shape index (κ2) is 7.08. The third kappa shape index (κ3) is 3.95. The summed E-state index contributed by atoms with van der Waals surface area (Å²) in [6, 6.07) is 10.3. The number of aromatic nitrogens is 3. The van der Waals surface area contributed by atoms with Gasteiger partial charge in [0.2, 0.25) is 0 Å². The van der Waals surface area contributed by atoms with Crippen LogP contribution in [0, 0.1) is 0 Å². The van der Waals surface area contributed by atoms with Gasteiger partial charge in [0, 0.05) is 37.2 Å². The lowest BCUT2D eigenvalue weighted by molar-refractivity contribution is 0.307. The van der Waals surface area contributed by atoms with E-state index < -0.39 is 7.32 Å². The molecule has 6 nitrogen and oxygen atoms in total. The van der Waals surface area contributed by atoms with E-state index in [4.69, 9.17) is 14.0 Å². The van der Waals surface area contributed by atoms with Gasteiger partial charge in [-0.15, -0.1) is 0 Å². The van der Waals surface area contributed by atoms with Crippen LogP contribution in [-0.4, -0.2) is 22.3 Å². The van der Waals surface area contributed by atoms with Crippen molar-refractivity contribution in [3.63, 3.8) is 0 Å². The van der Waals surface area contributed by atoms with Crippen molar-refractivity contribution in [1.29, 1.82) is 0 Å². The van der Waals surface area contributed by atoms with Gasteiger partial charge in [0.1, 0.15) is 17.2 Å². The highest BCUT2D eigenvalue weighted by molar-refractivity contribution is 6.39. The molecule has 3 aromatic rings. The van der Waals surface area contributed by atoms with E-state index in [1.807, 2.05) is 0 Å². The van der Waals surface area contributed by atoms with Gasteiger partial charge >= 0.3 is 7.32 Å². The minimum Gasteiger partial charge on any atom is -0.489 e. The highest BCUT2D eigenvalue weighted by atomic mass is 16.7. The molecule has 22 heavy (non-hydrogen) atoms. The summed E-state index contributed by atoms with van der Waals surface area (Å²) in [5, 5.41) is 0. The lowest BCUT2D eigenvalue weighted by atomic mass is 10.2. The normalized spacial score (nSPS) is 9.82. The zero-order valence-corrected chi connectivity index (χ0v) is 11.6. The molecule has 3 heterocycles. The molecule has 0 aliphatic rings. The molecule has 0 bridgehead atoms. The molecule has 0 atom stereocenters. The minimum absolute atomic E-state index is 0.586. The zero-order chi connectivity index (χ0) is 15.0. The average Bonchev–Trinajstić information content (AvgIpc) is 2.57. The summed E-state index contributed by atoms with van der Waals surface area (Å²) >= 11 is 0. The van der Waals surface area contributed by atoms with E-state index in [-0.39, 0.29) is 0 Å². The quantitative estimate of drug-likeness (QED) is 0.650. The van der Waals surface area contributed by atoms with Crippen LogP contribution in [-0.2, 0) is 0 Å². The van der Waals surface area contributed by atoms with E-state index >= 15 is 0 Å². The third-order valence-electron chi connectivity index (χ3n) is 2.65. The molecule has 7 heteroatoms. The van der Waals surface area contributed by atoms with Crippen molar-refractivity contribution >= 4 is 7.32 Å². The Morgan fingerprint density at radius 2 is 0.773 bits per heavy atom. The van der Waals surface area contributed by atoms with E-state index in [0.29, 0.717) is 17.2 Å². The molecule has 0 aliphatic heterocycles. The first kappa shape index (κ1) is 13.9. The number of pyridine rings is 3. The van der Waals surface area contributed by atoms with Gasteiger partial charge in [0.15, 0.2) is 0 Å². The molecule has 0 unspecified atom stereocenters. The highest BCUT2D eigenvalue weighted by Gasteiger charge is 2.30. The molecule has 3 rings (SSSR count). The molecule has 0 saturated carbocycles. The van der Waals surface area contributed by atoms with Gasteiger partial charge in [-0.05, 0) is 36.4 Å². The Labute approximate surface area is 127 Å². The molecule has 0 aliphatic carbocycles. The zero-order valence-electron chi connectivity index (χ0n) is 11.6. The smallest absolute Gasteiger partial charge is 0.489 e. The fraction of sp³-hybridized carbons (Fsp3) is 0. The third-order valence-corrected chi connectivity index (χ3v) is 2.65. The molecule has 3 aromatic heterocycles. The summed E-state index contributed by atoms with van der Waals surface area (Å²) in [6.45, 7) is 0.